The zero-order chi connectivity index (χ0) is 16.0. The molecule has 0 aromatic heterocycles. The molecule has 0 aliphatic heterocycles. The molecule has 1 N–H and O–H groups in total. The first kappa shape index (κ1) is 17.3. The van der Waals surface area contributed by atoms with Crippen molar-refractivity contribution in [1.29, 1.82) is 0 Å². The van der Waals surface area contributed by atoms with Crippen LogP contribution in [0, 0.1) is 0 Å². The van der Waals surface area contributed by atoms with Crippen LogP contribution in [-0.4, -0.2) is 11.7 Å². The Bertz CT molecular complexity index is 601. The number of aliphatic hydroxyl groups is 1. The van der Waals surface area contributed by atoms with Crippen molar-refractivity contribution in [2.75, 3.05) is 6.61 Å². The van der Waals surface area contributed by atoms with E-state index in [9.17, 15) is 5.11 Å². The van der Waals surface area contributed by atoms with Gasteiger partial charge in [0.05, 0.1) is 13.2 Å². The van der Waals surface area contributed by atoms with Gasteiger partial charge in [-0.1, -0.05) is 72.9 Å². The summed E-state index contributed by atoms with van der Waals surface area (Å²) in [4.78, 5) is 0. The molecule has 0 saturated heterocycles. The lowest BCUT2D eigenvalue weighted by atomic mass is 9.89. The van der Waals surface area contributed by atoms with Crippen LogP contribution in [0.2, 0.25) is 10.0 Å². The zero-order valence-electron chi connectivity index (χ0n) is 12.6. The van der Waals surface area contributed by atoms with Crippen LogP contribution < -0.4 is 0 Å². The molecule has 2 aromatic carbocycles. The van der Waals surface area contributed by atoms with Crippen molar-refractivity contribution < 1.29 is 9.84 Å². The average Bonchev–Trinajstić information content (AvgIpc) is 2.53. The molecule has 22 heavy (non-hydrogen) atoms. The van der Waals surface area contributed by atoms with Crippen molar-refractivity contribution in [3.63, 3.8) is 0 Å². The molecule has 0 spiro atoms. The monoisotopic (exact) mass is 338 g/mol. The van der Waals surface area contributed by atoms with E-state index in [1.807, 2.05) is 36.4 Å². The minimum absolute atomic E-state index is 0.130. The van der Waals surface area contributed by atoms with Gasteiger partial charge in [-0.15, -0.1) is 0 Å². The van der Waals surface area contributed by atoms with Gasteiger partial charge < -0.3 is 9.84 Å². The second kappa shape index (κ2) is 7.98. The topological polar surface area (TPSA) is 29.5 Å². The van der Waals surface area contributed by atoms with Crippen LogP contribution in [-0.2, 0) is 16.9 Å². The number of hydrogen-bond acceptors (Lipinski definition) is 2. The van der Waals surface area contributed by atoms with E-state index in [1.165, 1.54) is 0 Å². The average molecular weight is 339 g/mol. The Morgan fingerprint density at radius 3 is 2.41 bits per heavy atom. The van der Waals surface area contributed by atoms with Gasteiger partial charge in [-0.3, -0.25) is 0 Å². The summed E-state index contributed by atoms with van der Waals surface area (Å²) in [6, 6.07) is 15.2. The Morgan fingerprint density at radius 1 is 1.09 bits per heavy atom. The molecule has 0 radical (unpaired) electrons. The molecule has 2 rings (SSSR count). The number of ether oxygens (including phenoxy) is 1. The van der Waals surface area contributed by atoms with Crippen LogP contribution in [0.25, 0.3) is 0 Å². The van der Waals surface area contributed by atoms with E-state index in [1.54, 1.807) is 12.1 Å². The van der Waals surface area contributed by atoms with Gasteiger partial charge in [0, 0.05) is 15.6 Å². The van der Waals surface area contributed by atoms with Gasteiger partial charge >= 0.3 is 0 Å². The maximum Gasteiger partial charge on any atom is 0.118 e. The van der Waals surface area contributed by atoms with E-state index in [4.69, 9.17) is 27.9 Å². The highest BCUT2D eigenvalue weighted by Crippen LogP contribution is 2.37. The molecule has 0 saturated carbocycles. The second-order valence-electron chi connectivity index (χ2n) is 5.30. The molecule has 1 unspecified atom stereocenters. The number of halogens is 2. The summed E-state index contributed by atoms with van der Waals surface area (Å²) < 4.78 is 6.13. The summed E-state index contributed by atoms with van der Waals surface area (Å²) in [7, 11) is 0. The smallest absolute Gasteiger partial charge is 0.118 e. The lowest BCUT2D eigenvalue weighted by molar-refractivity contribution is -0.101. The Morgan fingerprint density at radius 2 is 1.82 bits per heavy atom. The van der Waals surface area contributed by atoms with Crippen molar-refractivity contribution in [3.05, 3.63) is 69.7 Å². The summed E-state index contributed by atoms with van der Waals surface area (Å²) in [5.41, 5.74) is 1.02. The molecular formula is C18H20Cl2O2. The molecule has 0 bridgehead atoms. The molecule has 0 aliphatic carbocycles. The number of hydrogen-bond donors (Lipinski definition) is 1. The van der Waals surface area contributed by atoms with E-state index in [-0.39, 0.29) is 6.61 Å². The van der Waals surface area contributed by atoms with Crippen LogP contribution >= 0.6 is 23.2 Å². The highest BCUT2D eigenvalue weighted by Gasteiger charge is 2.34. The predicted molar refractivity (Wildman–Crippen MR) is 91.4 cm³/mol. The first-order valence-electron chi connectivity index (χ1n) is 7.35. The number of rotatable bonds is 7. The third kappa shape index (κ3) is 4.02. The van der Waals surface area contributed by atoms with Crippen molar-refractivity contribution in [2.45, 2.75) is 32.0 Å². The Hall–Kier alpha value is -1.06. The van der Waals surface area contributed by atoms with E-state index < -0.39 is 5.60 Å². The first-order valence-corrected chi connectivity index (χ1v) is 8.11. The van der Waals surface area contributed by atoms with E-state index >= 15 is 0 Å². The molecular weight excluding hydrogens is 319 g/mol. The highest BCUT2D eigenvalue weighted by molar-refractivity contribution is 6.35. The first-order chi connectivity index (χ1) is 10.6. The Labute approximate surface area is 141 Å². The van der Waals surface area contributed by atoms with Gasteiger partial charge in [0.2, 0.25) is 0 Å². The molecule has 0 aliphatic rings. The Kier molecular flexibility index (Phi) is 6.27. The predicted octanol–water partition coefficient (Wildman–Crippen LogP) is 5.20. The maximum absolute atomic E-state index is 10.0. The summed E-state index contributed by atoms with van der Waals surface area (Å²) in [6.45, 7) is 2.34. The van der Waals surface area contributed by atoms with E-state index in [0.29, 0.717) is 23.1 Å². The van der Waals surface area contributed by atoms with Crippen molar-refractivity contribution in [1.82, 2.24) is 0 Å². The third-order valence-electron chi connectivity index (χ3n) is 3.69. The highest BCUT2D eigenvalue weighted by atomic mass is 35.5. The SMILES string of the molecule is CCCC(CO)(OCc1ccccc1)c1ccc(Cl)cc1Cl. The van der Waals surface area contributed by atoms with Gasteiger partial charge in [-0.05, 0) is 24.1 Å². The van der Waals surface area contributed by atoms with Crippen molar-refractivity contribution in [2.24, 2.45) is 0 Å². The zero-order valence-corrected chi connectivity index (χ0v) is 14.1. The summed E-state index contributed by atoms with van der Waals surface area (Å²) in [6.07, 6.45) is 1.55. The fourth-order valence-corrected chi connectivity index (χ4v) is 3.13. The fraction of sp³-hybridized carbons (Fsp3) is 0.333. The fourth-order valence-electron chi connectivity index (χ4n) is 2.55. The summed E-state index contributed by atoms with van der Waals surface area (Å²) in [5, 5.41) is 11.1. The van der Waals surface area contributed by atoms with Crippen LogP contribution in [0.15, 0.2) is 48.5 Å². The molecule has 118 valence electrons. The van der Waals surface area contributed by atoms with Crippen LogP contribution in [0.4, 0.5) is 0 Å². The number of aliphatic hydroxyl groups excluding tert-OH is 1. The minimum Gasteiger partial charge on any atom is -0.393 e. The van der Waals surface area contributed by atoms with Crippen molar-refractivity contribution in [3.8, 4) is 0 Å². The second-order valence-corrected chi connectivity index (χ2v) is 6.14. The van der Waals surface area contributed by atoms with E-state index in [2.05, 4.69) is 6.92 Å². The molecule has 0 fully saturated rings. The lowest BCUT2D eigenvalue weighted by Gasteiger charge is -2.33. The summed E-state index contributed by atoms with van der Waals surface area (Å²) in [5.74, 6) is 0. The molecule has 4 heteroatoms. The largest absolute Gasteiger partial charge is 0.393 e. The van der Waals surface area contributed by atoms with E-state index in [0.717, 1.165) is 17.5 Å². The molecule has 2 aromatic rings. The normalized spacial score (nSPS) is 13.8. The standard InChI is InChI=1S/C18H20Cl2O2/c1-2-10-18(13-21,16-9-8-15(19)11-17(16)20)22-12-14-6-4-3-5-7-14/h3-9,11,21H,2,10,12-13H2,1H3. The quantitative estimate of drug-likeness (QED) is 0.751. The van der Waals surface area contributed by atoms with Crippen LogP contribution in [0.5, 0.6) is 0 Å². The lowest BCUT2D eigenvalue weighted by Crippen LogP contribution is -2.34. The van der Waals surface area contributed by atoms with Gasteiger partial charge in [0.25, 0.3) is 0 Å². The van der Waals surface area contributed by atoms with Gasteiger partial charge in [-0.2, -0.15) is 0 Å². The van der Waals surface area contributed by atoms with Crippen LogP contribution in [0.3, 0.4) is 0 Å². The maximum atomic E-state index is 10.0. The molecule has 1 atom stereocenters. The molecule has 0 heterocycles. The third-order valence-corrected chi connectivity index (χ3v) is 4.24. The summed E-state index contributed by atoms with van der Waals surface area (Å²) >= 11 is 12.3. The van der Waals surface area contributed by atoms with Gasteiger partial charge in [0.1, 0.15) is 5.60 Å². The molecule has 0 amide bonds. The minimum atomic E-state index is -0.813. The van der Waals surface area contributed by atoms with Crippen molar-refractivity contribution >= 4 is 23.2 Å². The molecule has 2 nitrogen and oxygen atoms in total. The van der Waals surface area contributed by atoms with Gasteiger partial charge in [0.15, 0.2) is 0 Å². The van der Waals surface area contributed by atoms with Gasteiger partial charge in [-0.25, -0.2) is 0 Å². The van der Waals surface area contributed by atoms with Crippen LogP contribution in [0.1, 0.15) is 30.9 Å². The number of benzene rings is 2. The Balaban J connectivity index is 2.30.